The SMILES string of the molecule is CN=C(NCCCN1C(=O)COc2ccccc21)NCc1coc(-c2ccc(C)cc2)n1. The first kappa shape index (κ1) is 21.4. The summed E-state index contributed by atoms with van der Waals surface area (Å²) in [4.78, 5) is 22.8. The number of hydrogen-bond acceptors (Lipinski definition) is 5. The Labute approximate surface area is 187 Å². The van der Waals surface area contributed by atoms with Crippen LogP contribution in [0.3, 0.4) is 0 Å². The van der Waals surface area contributed by atoms with E-state index in [0.29, 0.717) is 31.5 Å². The van der Waals surface area contributed by atoms with E-state index in [2.05, 4.69) is 20.6 Å². The van der Waals surface area contributed by atoms with Gasteiger partial charge in [0, 0.05) is 25.7 Å². The minimum Gasteiger partial charge on any atom is -0.482 e. The first-order valence-corrected chi connectivity index (χ1v) is 10.6. The first-order chi connectivity index (χ1) is 15.6. The zero-order valence-electron chi connectivity index (χ0n) is 18.3. The van der Waals surface area contributed by atoms with E-state index in [1.165, 1.54) is 5.56 Å². The van der Waals surface area contributed by atoms with E-state index < -0.39 is 0 Å². The molecule has 0 aliphatic carbocycles. The molecule has 0 bridgehead atoms. The van der Waals surface area contributed by atoms with Crippen LogP contribution < -0.4 is 20.3 Å². The number of aliphatic imine (C=N–C) groups is 1. The second-order valence-corrected chi connectivity index (χ2v) is 7.52. The maximum Gasteiger partial charge on any atom is 0.265 e. The van der Waals surface area contributed by atoms with Crippen LogP contribution in [0, 0.1) is 6.92 Å². The number of benzene rings is 2. The molecule has 8 heteroatoms. The molecular weight excluding hydrogens is 406 g/mol. The molecular formula is C24H27N5O3. The minimum absolute atomic E-state index is 0.0263. The number of carbonyl (C=O) groups is 1. The van der Waals surface area contributed by atoms with Gasteiger partial charge >= 0.3 is 0 Å². The largest absolute Gasteiger partial charge is 0.482 e. The second kappa shape index (κ2) is 10.00. The van der Waals surface area contributed by atoms with Crippen LogP contribution in [0.15, 0.2) is 64.2 Å². The molecule has 8 nitrogen and oxygen atoms in total. The van der Waals surface area contributed by atoms with Crippen molar-refractivity contribution < 1.29 is 13.9 Å². The highest BCUT2D eigenvalue weighted by Gasteiger charge is 2.24. The summed E-state index contributed by atoms with van der Waals surface area (Å²) >= 11 is 0. The zero-order valence-corrected chi connectivity index (χ0v) is 18.3. The van der Waals surface area contributed by atoms with Gasteiger partial charge in [0.15, 0.2) is 12.6 Å². The van der Waals surface area contributed by atoms with Gasteiger partial charge in [-0.3, -0.25) is 9.79 Å². The van der Waals surface area contributed by atoms with Gasteiger partial charge in [0.25, 0.3) is 5.91 Å². The number of nitrogens with one attached hydrogen (secondary N) is 2. The number of fused-ring (bicyclic) bond motifs is 1. The normalized spacial score (nSPS) is 13.5. The summed E-state index contributed by atoms with van der Waals surface area (Å²) in [5, 5.41) is 6.51. The molecule has 0 fully saturated rings. The Kier molecular flexibility index (Phi) is 6.69. The van der Waals surface area contributed by atoms with Gasteiger partial charge < -0.3 is 24.7 Å². The van der Waals surface area contributed by atoms with Gasteiger partial charge in [-0.2, -0.15) is 0 Å². The molecule has 0 saturated heterocycles. The first-order valence-electron chi connectivity index (χ1n) is 10.6. The number of nitrogens with zero attached hydrogens (tertiary/aromatic N) is 3. The summed E-state index contributed by atoms with van der Waals surface area (Å²) in [5.74, 6) is 1.98. The van der Waals surface area contributed by atoms with Crippen molar-refractivity contribution >= 4 is 17.6 Å². The van der Waals surface area contributed by atoms with Crippen molar-refractivity contribution in [2.75, 3.05) is 31.6 Å². The number of carbonyl (C=O) groups excluding carboxylic acids is 1. The van der Waals surface area contributed by atoms with Crippen LogP contribution in [0.4, 0.5) is 5.69 Å². The summed E-state index contributed by atoms with van der Waals surface area (Å²) in [6, 6.07) is 15.7. The predicted molar refractivity (Wildman–Crippen MR) is 124 cm³/mol. The number of oxazole rings is 1. The molecule has 4 rings (SSSR count). The molecule has 2 aromatic carbocycles. The third kappa shape index (κ3) is 5.08. The number of rotatable bonds is 7. The smallest absolute Gasteiger partial charge is 0.265 e. The molecule has 0 radical (unpaired) electrons. The lowest BCUT2D eigenvalue weighted by Crippen LogP contribution is -2.42. The van der Waals surface area contributed by atoms with Gasteiger partial charge in [0.2, 0.25) is 5.89 Å². The third-order valence-corrected chi connectivity index (χ3v) is 5.17. The average molecular weight is 434 g/mol. The molecule has 0 saturated carbocycles. The third-order valence-electron chi connectivity index (χ3n) is 5.17. The summed E-state index contributed by atoms with van der Waals surface area (Å²) < 4.78 is 11.1. The van der Waals surface area contributed by atoms with Crippen molar-refractivity contribution in [3.63, 3.8) is 0 Å². The number of ether oxygens (including phenoxy) is 1. The minimum atomic E-state index is -0.0263. The van der Waals surface area contributed by atoms with Crippen LogP contribution in [0.2, 0.25) is 0 Å². The van der Waals surface area contributed by atoms with E-state index in [0.717, 1.165) is 29.1 Å². The fourth-order valence-electron chi connectivity index (χ4n) is 3.45. The van der Waals surface area contributed by atoms with E-state index in [-0.39, 0.29) is 12.5 Å². The van der Waals surface area contributed by atoms with Gasteiger partial charge in [-0.15, -0.1) is 0 Å². The van der Waals surface area contributed by atoms with Crippen LogP contribution >= 0.6 is 0 Å². The summed E-state index contributed by atoms with van der Waals surface area (Å²) in [5.41, 5.74) is 3.75. The van der Waals surface area contributed by atoms with Crippen molar-refractivity contribution in [1.29, 1.82) is 0 Å². The number of aryl methyl sites for hydroxylation is 1. The standard InChI is InChI=1S/C24H27N5O3/c1-17-8-10-18(11-9-17)23-28-19(15-32-23)14-27-24(25-2)26-12-5-13-29-20-6-3-4-7-21(20)31-16-22(29)30/h3-4,6-11,15H,5,12-14,16H2,1-2H3,(H2,25,26,27). The van der Waals surface area contributed by atoms with Gasteiger partial charge in [-0.05, 0) is 37.6 Å². The van der Waals surface area contributed by atoms with E-state index >= 15 is 0 Å². The zero-order chi connectivity index (χ0) is 22.3. The fourth-order valence-corrected chi connectivity index (χ4v) is 3.45. The maximum absolute atomic E-state index is 12.3. The Bertz CT molecular complexity index is 1090. The number of anilines is 1. The Morgan fingerprint density at radius 2 is 1.97 bits per heavy atom. The Hall–Kier alpha value is -3.81. The Balaban J connectivity index is 1.24. The van der Waals surface area contributed by atoms with Crippen LogP contribution in [0.5, 0.6) is 5.75 Å². The van der Waals surface area contributed by atoms with Crippen LogP contribution in [-0.2, 0) is 11.3 Å². The number of hydrogen-bond donors (Lipinski definition) is 2. The summed E-state index contributed by atoms with van der Waals surface area (Å²) in [6.07, 6.45) is 2.42. The molecule has 1 aliphatic heterocycles. The monoisotopic (exact) mass is 433 g/mol. The number of guanidine groups is 1. The van der Waals surface area contributed by atoms with Crippen LogP contribution in [0.25, 0.3) is 11.5 Å². The number of amides is 1. The van der Waals surface area contributed by atoms with E-state index in [1.807, 2.05) is 55.5 Å². The van der Waals surface area contributed by atoms with Crippen molar-refractivity contribution in [3.05, 3.63) is 66.1 Å². The Morgan fingerprint density at radius 3 is 2.78 bits per heavy atom. The molecule has 0 atom stereocenters. The number of para-hydroxylation sites is 2. The van der Waals surface area contributed by atoms with Gasteiger partial charge in [-0.25, -0.2) is 4.98 Å². The average Bonchev–Trinajstić information content (AvgIpc) is 3.29. The molecule has 0 unspecified atom stereocenters. The predicted octanol–water partition coefficient (Wildman–Crippen LogP) is 3.13. The fraction of sp³-hybridized carbons (Fsp3) is 0.292. The van der Waals surface area contributed by atoms with E-state index in [1.54, 1.807) is 18.2 Å². The highest BCUT2D eigenvalue weighted by atomic mass is 16.5. The quantitative estimate of drug-likeness (QED) is 0.338. The molecule has 3 aromatic rings. The van der Waals surface area contributed by atoms with Crippen molar-refractivity contribution in [2.45, 2.75) is 19.9 Å². The molecule has 2 N–H and O–H groups in total. The van der Waals surface area contributed by atoms with Crippen molar-refractivity contribution in [3.8, 4) is 17.2 Å². The highest BCUT2D eigenvalue weighted by Crippen LogP contribution is 2.31. The van der Waals surface area contributed by atoms with Gasteiger partial charge in [0.1, 0.15) is 12.0 Å². The second-order valence-electron chi connectivity index (χ2n) is 7.52. The van der Waals surface area contributed by atoms with Crippen molar-refractivity contribution in [1.82, 2.24) is 15.6 Å². The maximum atomic E-state index is 12.3. The molecule has 2 heterocycles. The lowest BCUT2D eigenvalue weighted by Gasteiger charge is -2.29. The van der Waals surface area contributed by atoms with Gasteiger partial charge in [-0.1, -0.05) is 29.8 Å². The van der Waals surface area contributed by atoms with Gasteiger partial charge in [0.05, 0.1) is 17.9 Å². The Morgan fingerprint density at radius 1 is 1.16 bits per heavy atom. The molecule has 166 valence electrons. The molecule has 1 amide bonds. The topological polar surface area (TPSA) is 92.0 Å². The van der Waals surface area contributed by atoms with E-state index in [4.69, 9.17) is 9.15 Å². The van der Waals surface area contributed by atoms with E-state index in [9.17, 15) is 4.79 Å². The highest BCUT2D eigenvalue weighted by molar-refractivity contribution is 5.97. The molecule has 0 spiro atoms. The summed E-state index contributed by atoms with van der Waals surface area (Å²) in [7, 11) is 1.72. The molecule has 1 aliphatic rings. The molecule has 1 aromatic heterocycles. The van der Waals surface area contributed by atoms with Crippen LogP contribution in [-0.4, -0.2) is 43.6 Å². The van der Waals surface area contributed by atoms with Crippen molar-refractivity contribution in [2.24, 2.45) is 4.99 Å². The lowest BCUT2D eigenvalue weighted by molar-refractivity contribution is -0.121. The van der Waals surface area contributed by atoms with Crippen LogP contribution in [0.1, 0.15) is 17.7 Å². The summed E-state index contributed by atoms with van der Waals surface area (Å²) in [6.45, 7) is 3.89. The number of aromatic nitrogens is 1. The lowest BCUT2D eigenvalue weighted by atomic mass is 10.1. The molecule has 32 heavy (non-hydrogen) atoms.